The number of piperazine rings is 1. The minimum absolute atomic E-state index is 0.245. The molecule has 8 heteroatoms. The van der Waals surface area contributed by atoms with Crippen LogP contribution in [-0.4, -0.2) is 96.6 Å². The van der Waals surface area contributed by atoms with Crippen LogP contribution in [0.5, 0.6) is 11.5 Å². The van der Waals surface area contributed by atoms with Gasteiger partial charge >= 0.3 is 0 Å². The van der Waals surface area contributed by atoms with Crippen LogP contribution in [-0.2, 0) is 13.1 Å². The fourth-order valence-electron chi connectivity index (χ4n) is 3.70. The third-order valence-corrected chi connectivity index (χ3v) is 5.37. The first-order valence-electron chi connectivity index (χ1n) is 10.5. The molecular weight excluding hydrogens is 382 g/mol. The summed E-state index contributed by atoms with van der Waals surface area (Å²) in [5.74, 6) is 1.34. The molecule has 1 fully saturated rings. The summed E-state index contributed by atoms with van der Waals surface area (Å²) in [7, 11) is 5.83. The molecule has 1 aliphatic heterocycles. The molecule has 0 spiro atoms. The number of methoxy groups -OCH3 is 1. The first-order chi connectivity index (χ1) is 14.4. The maximum Gasteiger partial charge on any atom is 0.161 e. The van der Waals surface area contributed by atoms with E-state index in [1.54, 1.807) is 7.11 Å². The number of aliphatic hydroxyl groups is 1. The highest BCUT2D eigenvalue weighted by atomic mass is 16.5. The summed E-state index contributed by atoms with van der Waals surface area (Å²) in [4.78, 5) is 6.79. The van der Waals surface area contributed by atoms with E-state index < -0.39 is 6.10 Å². The monoisotopic (exact) mass is 417 g/mol. The number of nitrogens with zero attached hydrogens (tertiary/aromatic N) is 4. The average molecular weight is 418 g/mol. The zero-order valence-corrected chi connectivity index (χ0v) is 18.6. The van der Waals surface area contributed by atoms with Crippen LogP contribution >= 0.6 is 0 Å². The van der Waals surface area contributed by atoms with Crippen LogP contribution in [0.1, 0.15) is 17.0 Å². The Kier molecular flexibility index (Phi) is 8.09. The molecule has 1 aliphatic rings. The highest BCUT2D eigenvalue weighted by Crippen LogP contribution is 2.29. The molecule has 2 N–H and O–H groups in total. The van der Waals surface area contributed by atoms with Crippen molar-refractivity contribution in [1.29, 1.82) is 0 Å². The van der Waals surface area contributed by atoms with Crippen molar-refractivity contribution in [3.05, 3.63) is 41.2 Å². The molecule has 1 aromatic carbocycles. The van der Waals surface area contributed by atoms with Crippen LogP contribution < -0.4 is 9.47 Å². The Morgan fingerprint density at radius 2 is 1.93 bits per heavy atom. The van der Waals surface area contributed by atoms with Gasteiger partial charge in [0.25, 0.3) is 0 Å². The predicted molar refractivity (Wildman–Crippen MR) is 117 cm³/mol. The average Bonchev–Trinajstić information content (AvgIpc) is 3.12. The molecule has 8 nitrogen and oxygen atoms in total. The van der Waals surface area contributed by atoms with Gasteiger partial charge in [-0.1, -0.05) is 6.07 Å². The molecule has 1 unspecified atom stereocenters. The maximum absolute atomic E-state index is 10.4. The molecule has 1 atom stereocenters. The lowest BCUT2D eigenvalue weighted by Crippen LogP contribution is -2.47. The molecule has 1 saturated heterocycles. The van der Waals surface area contributed by atoms with Crippen molar-refractivity contribution in [3.63, 3.8) is 0 Å². The van der Waals surface area contributed by atoms with Gasteiger partial charge in [0, 0.05) is 51.5 Å². The standard InChI is InChI=1S/C22H35N5O3/c1-17-11-19(24-23-17)14-26(3)13-18-5-6-21(29-4)22(12-18)30-16-20(28)15-27-9-7-25(2)8-10-27/h5-6,11-12,20,28H,7-10,13-16H2,1-4H3,(H,23,24). The summed E-state index contributed by atoms with van der Waals surface area (Å²) in [6.07, 6.45) is -0.535. The Morgan fingerprint density at radius 3 is 2.60 bits per heavy atom. The summed E-state index contributed by atoms with van der Waals surface area (Å²) in [6.45, 7) is 8.43. The number of hydrogen-bond donors (Lipinski definition) is 2. The summed E-state index contributed by atoms with van der Waals surface area (Å²) < 4.78 is 11.4. The Bertz CT molecular complexity index is 789. The molecule has 30 heavy (non-hydrogen) atoms. The van der Waals surface area contributed by atoms with Crippen molar-refractivity contribution in [2.75, 3.05) is 60.5 Å². The number of aliphatic hydroxyl groups excluding tert-OH is 1. The number of H-pyrrole nitrogens is 1. The second-order valence-corrected chi connectivity index (χ2v) is 8.27. The van der Waals surface area contributed by atoms with E-state index in [0.29, 0.717) is 18.0 Å². The van der Waals surface area contributed by atoms with Gasteiger partial charge in [-0.05, 0) is 44.8 Å². The highest BCUT2D eigenvalue weighted by molar-refractivity contribution is 5.43. The molecule has 0 radical (unpaired) electrons. The van der Waals surface area contributed by atoms with E-state index in [-0.39, 0.29) is 6.61 Å². The molecule has 0 amide bonds. The van der Waals surface area contributed by atoms with Crippen LogP contribution in [0.3, 0.4) is 0 Å². The lowest BCUT2D eigenvalue weighted by Gasteiger charge is -2.33. The van der Waals surface area contributed by atoms with Gasteiger partial charge in [-0.2, -0.15) is 5.10 Å². The smallest absolute Gasteiger partial charge is 0.161 e. The van der Waals surface area contributed by atoms with Gasteiger partial charge in [0.1, 0.15) is 12.7 Å². The van der Waals surface area contributed by atoms with Crippen LogP contribution in [0.2, 0.25) is 0 Å². The number of aryl methyl sites for hydroxylation is 1. The number of rotatable bonds is 10. The second kappa shape index (κ2) is 10.8. The van der Waals surface area contributed by atoms with Crippen molar-refractivity contribution in [3.8, 4) is 11.5 Å². The van der Waals surface area contributed by atoms with Crippen LogP contribution in [0.25, 0.3) is 0 Å². The number of nitrogens with one attached hydrogen (secondary N) is 1. The van der Waals surface area contributed by atoms with Gasteiger partial charge in [0.2, 0.25) is 0 Å². The number of aromatic nitrogens is 2. The minimum Gasteiger partial charge on any atom is -0.493 e. The lowest BCUT2D eigenvalue weighted by atomic mass is 10.2. The van der Waals surface area contributed by atoms with Gasteiger partial charge in [0.05, 0.1) is 12.8 Å². The van der Waals surface area contributed by atoms with Crippen molar-refractivity contribution >= 4 is 0 Å². The number of ether oxygens (including phenoxy) is 2. The normalized spacial score (nSPS) is 16.7. The Balaban J connectivity index is 1.53. The Hall–Kier alpha value is -2.13. The minimum atomic E-state index is -0.535. The second-order valence-electron chi connectivity index (χ2n) is 8.27. The first-order valence-corrected chi connectivity index (χ1v) is 10.5. The molecule has 2 heterocycles. The quantitative estimate of drug-likeness (QED) is 0.604. The van der Waals surface area contributed by atoms with E-state index in [1.807, 2.05) is 25.1 Å². The summed E-state index contributed by atoms with van der Waals surface area (Å²) in [5, 5.41) is 17.7. The third-order valence-electron chi connectivity index (χ3n) is 5.37. The van der Waals surface area contributed by atoms with E-state index in [0.717, 1.165) is 56.2 Å². The Morgan fingerprint density at radius 1 is 1.17 bits per heavy atom. The van der Waals surface area contributed by atoms with Gasteiger partial charge in [-0.3, -0.25) is 14.9 Å². The van der Waals surface area contributed by atoms with Crippen molar-refractivity contribution in [1.82, 2.24) is 24.9 Å². The lowest BCUT2D eigenvalue weighted by molar-refractivity contribution is 0.0497. The molecule has 166 valence electrons. The van der Waals surface area contributed by atoms with Crippen LogP contribution in [0.15, 0.2) is 24.3 Å². The highest BCUT2D eigenvalue weighted by Gasteiger charge is 2.18. The molecule has 0 bridgehead atoms. The molecule has 3 rings (SSSR count). The van der Waals surface area contributed by atoms with E-state index >= 15 is 0 Å². The van der Waals surface area contributed by atoms with Crippen molar-refractivity contribution in [2.45, 2.75) is 26.1 Å². The summed E-state index contributed by atoms with van der Waals surface area (Å²) in [6, 6.07) is 8.01. The van der Waals surface area contributed by atoms with E-state index in [4.69, 9.17) is 9.47 Å². The summed E-state index contributed by atoms with van der Waals surface area (Å²) in [5.41, 5.74) is 3.20. The van der Waals surface area contributed by atoms with Gasteiger partial charge in [-0.25, -0.2) is 0 Å². The number of benzene rings is 1. The molecule has 2 aromatic rings. The summed E-state index contributed by atoms with van der Waals surface area (Å²) >= 11 is 0. The molecule has 0 aliphatic carbocycles. The molecule has 0 saturated carbocycles. The van der Waals surface area contributed by atoms with Gasteiger partial charge in [-0.15, -0.1) is 0 Å². The first kappa shape index (κ1) is 22.6. The Labute approximate surface area is 179 Å². The number of aromatic amines is 1. The van der Waals surface area contributed by atoms with Crippen LogP contribution in [0, 0.1) is 6.92 Å². The maximum atomic E-state index is 10.4. The molecular formula is C22H35N5O3. The largest absolute Gasteiger partial charge is 0.493 e. The topological polar surface area (TPSA) is 77.1 Å². The number of β-amino-alcohol motifs (C(OH)–C–C–N with tert-alkyl or cyclic N) is 1. The third kappa shape index (κ3) is 6.70. The van der Waals surface area contributed by atoms with Crippen molar-refractivity contribution < 1.29 is 14.6 Å². The van der Waals surface area contributed by atoms with E-state index in [1.165, 1.54) is 0 Å². The number of hydrogen-bond acceptors (Lipinski definition) is 7. The fraction of sp³-hybridized carbons (Fsp3) is 0.591. The predicted octanol–water partition coefficient (Wildman–Crippen LogP) is 1.35. The van der Waals surface area contributed by atoms with E-state index in [2.05, 4.69) is 45.1 Å². The van der Waals surface area contributed by atoms with Crippen LogP contribution in [0.4, 0.5) is 0 Å². The fourth-order valence-corrected chi connectivity index (χ4v) is 3.70. The zero-order chi connectivity index (χ0) is 21.5. The van der Waals surface area contributed by atoms with E-state index in [9.17, 15) is 5.11 Å². The van der Waals surface area contributed by atoms with Gasteiger partial charge < -0.3 is 19.5 Å². The zero-order valence-electron chi connectivity index (χ0n) is 18.6. The SMILES string of the molecule is COc1ccc(CN(C)Cc2cc(C)[nH]n2)cc1OCC(O)CN1CCN(C)CC1. The number of likely N-dealkylation sites (N-methyl/N-ethyl adjacent to an activating group) is 1. The molecule has 1 aromatic heterocycles. The van der Waals surface area contributed by atoms with Crippen molar-refractivity contribution in [2.24, 2.45) is 0 Å². The van der Waals surface area contributed by atoms with Gasteiger partial charge in [0.15, 0.2) is 11.5 Å².